The Hall–Kier alpha value is -4.88. The highest BCUT2D eigenvalue weighted by Gasteiger charge is 2.31. The van der Waals surface area contributed by atoms with Gasteiger partial charge in [-0.25, -0.2) is 0 Å². The lowest BCUT2D eigenvalue weighted by Gasteiger charge is -2.37. The van der Waals surface area contributed by atoms with Gasteiger partial charge >= 0.3 is 0 Å². The number of ether oxygens (including phenoxy) is 1. The molecule has 2 fully saturated rings. The van der Waals surface area contributed by atoms with Gasteiger partial charge in [0.15, 0.2) is 5.78 Å². The summed E-state index contributed by atoms with van der Waals surface area (Å²) < 4.78 is 5.41. The average molecular weight is 756 g/mol. The van der Waals surface area contributed by atoms with Gasteiger partial charge < -0.3 is 15.0 Å². The molecule has 56 heavy (non-hydrogen) atoms. The van der Waals surface area contributed by atoms with Crippen LogP contribution in [0.3, 0.4) is 0 Å². The summed E-state index contributed by atoms with van der Waals surface area (Å²) in [5.41, 5.74) is 8.46. The number of fused-ring (bicyclic) bond motifs is 1. The first-order chi connectivity index (χ1) is 26.9. The first kappa shape index (κ1) is 42.3. The van der Waals surface area contributed by atoms with Crippen LogP contribution in [0.4, 0.5) is 11.4 Å². The van der Waals surface area contributed by atoms with Crippen molar-refractivity contribution in [1.29, 1.82) is 0 Å². The number of pyridine rings is 1. The van der Waals surface area contributed by atoms with E-state index in [-0.39, 0.29) is 17.6 Å². The number of nitrogens with one attached hydrogen (secondary N) is 1. The molecule has 7 rings (SSSR count). The number of ketones is 1. The summed E-state index contributed by atoms with van der Waals surface area (Å²) in [4.78, 5) is 44.2. The lowest BCUT2D eigenvalue weighted by molar-refractivity contribution is 0.00189. The fourth-order valence-corrected chi connectivity index (χ4v) is 7.64. The molecule has 296 valence electrons. The van der Waals surface area contributed by atoms with E-state index in [0.29, 0.717) is 46.5 Å². The van der Waals surface area contributed by atoms with E-state index in [4.69, 9.17) is 4.74 Å². The van der Waals surface area contributed by atoms with Gasteiger partial charge in [-0.2, -0.15) is 0 Å². The first-order valence-corrected chi connectivity index (χ1v) is 20.6. The Morgan fingerprint density at radius 1 is 0.911 bits per heavy atom. The number of amides is 2. The van der Waals surface area contributed by atoms with Crippen LogP contribution in [0.1, 0.15) is 139 Å². The smallest absolute Gasteiger partial charge is 0.258 e. The lowest BCUT2D eigenvalue weighted by Crippen LogP contribution is -2.32. The molecule has 4 aromatic rings. The number of carbonyl (C=O) groups is 3. The number of Topliss-reactive ketones (excluding diaryl/α,β-unsaturated/α-hetero) is 1. The summed E-state index contributed by atoms with van der Waals surface area (Å²) >= 11 is 0. The maximum absolute atomic E-state index is 13.7. The zero-order valence-corrected chi connectivity index (χ0v) is 34.6. The molecule has 1 aromatic heterocycles. The molecule has 0 radical (unpaired) electrons. The number of aryl methyl sites for hydroxylation is 2. The van der Waals surface area contributed by atoms with Gasteiger partial charge in [-0.15, -0.1) is 0 Å². The standard InChI is InChI=1S/C33H29N3O3.C11H22O.C5H10/c1-21-18-30(22(2)34-20-21)32(38)35-29-14-12-26(13-15-29)33(39)36-17-16-27(19-28-6-4-5-7-31(28)36)25-10-8-24(9-11-25)23(3)37;1-4-11(9-10(2)3)5-7-12-8-6-11;1-2-5-3-4-5/h4-15,18-20H,16-17H2,1-3H3,(H,35,38);10H,4-9H2,1-3H3;5H,2-4H2,1H3. The average Bonchev–Trinajstić information content (AvgIpc) is 4.06. The zero-order valence-electron chi connectivity index (χ0n) is 34.6. The fourth-order valence-electron chi connectivity index (χ4n) is 7.64. The Kier molecular flexibility index (Phi) is 15.0. The third-order valence-electron chi connectivity index (χ3n) is 11.3. The van der Waals surface area contributed by atoms with Crippen molar-refractivity contribution in [3.05, 3.63) is 124 Å². The number of nitrogens with zero attached hydrogens (tertiary/aromatic N) is 2. The second-order valence-corrected chi connectivity index (χ2v) is 16.2. The highest BCUT2D eigenvalue weighted by atomic mass is 16.5. The second kappa shape index (κ2) is 19.8. The van der Waals surface area contributed by atoms with Gasteiger partial charge in [-0.1, -0.05) is 95.8 Å². The van der Waals surface area contributed by atoms with Crippen molar-refractivity contribution in [3.8, 4) is 0 Å². The molecule has 2 amide bonds. The van der Waals surface area contributed by atoms with Gasteiger partial charge in [0.05, 0.1) is 11.3 Å². The molecule has 2 aliphatic heterocycles. The van der Waals surface area contributed by atoms with Crippen molar-refractivity contribution in [2.45, 2.75) is 99.8 Å². The highest BCUT2D eigenvalue weighted by Crippen LogP contribution is 2.40. The van der Waals surface area contributed by atoms with Gasteiger partial charge in [-0.3, -0.25) is 19.4 Å². The van der Waals surface area contributed by atoms with E-state index in [1.54, 1.807) is 49.2 Å². The van der Waals surface area contributed by atoms with Crippen LogP contribution in [0.25, 0.3) is 11.6 Å². The van der Waals surface area contributed by atoms with Gasteiger partial charge in [0.1, 0.15) is 0 Å². The van der Waals surface area contributed by atoms with Crippen molar-refractivity contribution in [2.75, 3.05) is 30.0 Å². The Labute approximate surface area is 335 Å². The molecule has 7 heteroatoms. The summed E-state index contributed by atoms with van der Waals surface area (Å²) in [6, 6.07) is 24.2. The Morgan fingerprint density at radius 3 is 2.16 bits per heavy atom. The number of hydrogen-bond donors (Lipinski definition) is 1. The van der Waals surface area contributed by atoms with Gasteiger partial charge in [0.2, 0.25) is 0 Å². The molecule has 1 saturated heterocycles. The van der Waals surface area contributed by atoms with E-state index in [2.05, 4.69) is 44.1 Å². The maximum Gasteiger partial charge on any atom is 0.258 e. The highest BCUT2D eigenvalue weighted by molar-refractivity contribution is 6.09. The summed E-state index contributed by atoms with van der Waals surface area (Å²) in [6.45, 7) is 17.0. The topological polar surface area (TPSA) is 88.6 Å². The molecule has 1 aliphatic carbocycles. The third kappa shape index (κ3) is 11.6. The van der Waals surface area contributed by atoms with Gasteiger partial charge in [-0.05, 0) is 128 Å². The molecule has 3 aromatic carbocycles. The predicted octanol–water partition coefficient (Wildman–Crippen LogP) is 11.8. The molecule has 0 spiro atoms. The van der Waals surface area contributed by atoms with Crippen LogP contribution in [-0.4, -0.2) is 42.3 Å². The summed E-state index contributed by atoms with van der Waals surface area (Å²) in [5, 5.41) is 2.90. The summed E-state index contributed by atoms with van der Waals surface area (Å²) in [7, 11) is 0. The summed E-state index contributed by atoms with van der Waals surface area (Å²) in [6.07, 6.45) is 14.2. The minimum Gasteiger partial charge on any atom is -0.381 e. The minimum atomic E-state index is -0.237. The number of benzene rings is 3. The van der Waals surface area contributed by atoms with Crippen molar-refractivity contribution in [1.82, 2.24) is 4.98 Å². The molecule has 0 atom stereocenters. The van der Waals surface area contributed by atoms with E-state index in [1.807, 2.05) is 61.5 Å². The monoisotopic (exact) mass is 755 g/mol. The van der Waals surface area contributed by atoms with Crippen LogP contribution >= 0.6 is 0 Å². The molecule has 0 unspecified atom stereocenters. The lowest BCUT2D eigenvalue weighted by atomic mass is 9.72. The van der Waals surface area contributed by atoms with E-state index < -0.39 is 0 Å². The zero-order chi connectivity index (χ0) is 40.2. The number of para-hydroxylation sites is 1. The minimum absolute atomic E-state index is 0.0337. The normalized spacial score (nSPS) is 15.9. The fraction of sp³-hybridized carbons (Fsp3) is 0.429. The molecule has 0 bridgehead atoms. The van der Waals surface area contributed by atoms with E-state index >= 15 is 0 Å². The number of anilines is 2. The van der Waals surface area contributed by atoms with Crippen molar-refractivity contribution >= 4 is 40.6 Å². The molecule has 3 aliphatic rings. The first-order valence-electron chi connectivity index (χ1n) is 20.6. The maximum atomic E-state index is 13.7. The number of aromatic nitrogens is 1. The van der Waals surface area contributed by atoms with Gasteiger partial charge in [0, 0.05) is 48.5 Å². The van der Waals surface area contributed by atoms with E-state index in [1.165, 1.54) is 44.9 Å². The van der Waals surface area contributed by atoms with Crippen molar-refractivity contribution in [3.63, 3.8) is 0 Å². The van der Waals surface area contributed by atoms with Crippen molar-refractivity contribution < 1.29 is 19.1 Å². The number of carbonyl (C=O) groups excluding carboxylic acids is 3. The number of hydrogen-bond acceptors (Lipinski definition) is 5. The SMILES string of the molecule is CC(=O)c1ccc(C2=Cc3ccccc3N(C(=O)c3ccc(NC(=O)c4cc(C)cnc4C)cc3)CC2)cc1.CCC1(CC(C)C)CCOCC1.CCC1CC1. The molecular weight excluding hydrogens is 695 g/mol. The quantitative estimate of drug-likeness (QED) is 0.172. The molecule has 1 N–H and O–H groups in total. The molecule has 7 nitrogen and oxygen atoms in total. The Morgan fingerprint density at radius 2 is 1.57 bits per heavy atom. The van der Waals surface area contributed by atoms with Crippen molar-refractivity contribution in [2.24, 2.45) is 17.3 Å². The largest absolute Gasteiger partial charge is 0.381 e. The van der Waals surface area contributed by atoms with Crippen LogP contribution < -0.4 is 10.2 Å². The Balaban J connectivity index is 0.000000290. The van der Waals surface area contributed by atoms with Crippen LogP contribution in [-0.2, 0) is 4.74 Å². The van der Waals surface area contributed by atoms with Crippen LogP contribution in [0.5, 0.6) is 0 Å². The third-order valence-corrected chi connectivity index (χ3v) is 11.3. The second-order valence-electron chi connectivity index (χ2n) is 16.2. The molecule has 1 saturated carbocycles. The predicted molar refractivity (Wildman–Crippen MR) is 230 cm³/mol. The Bertz CT molecular complexity index is 1970. The molecular formula is C49H61N3O4. The molecule has 3 heterocycles. The van der Waals surface area contributed by atoms with Crippen LogP contribution in [0, 0.1) is 31.1 Å². The van der Waals surface area contributed by atoms with E-state index in [0.717, 1.165) is 53.0 Å². The summed E-state index contributed by atoms with van der Waals surface area (Å²) in [5.74, 6) is 1.66. The number of rotatable bonds is 9. The van der Waals surface area contributed by atoms with E-state index in [9.17, 15) is 14.4 Å². The van der Waals surface area contributed by atoms with Crippen LogP contribution in [0.2, 0.25) is 0 Å². The van der Waals surface area contributed by atoms with Gasteiger partial charge in [0.25, 0.3) is 11.8 Å². The van der Waals surface area contributed by atoms with Crippen LogP contribution in [0.15, 0.2) is 85.1 Å².